The molecular formula is C17H26O2. The maximum atomic E-state index is 5.64. The second kappa shape index (κ2) is 6.42. The van der Waals surface area contributed by atoms with Crippen molar-refractivity contribution in [3.63, 3.8) is 0 Å². The molecule has 0 N–H and O–H groups in total. The van der Waals surface area contributed by atoms with E-state index in [-0.39, 0.29) is 0 Å². The number of aryl methyl sites for hydroxylation is 1. The standard InChI is InChI=1S/C17H26O2/c1-4-17(2,3)11-5-6-14-7-9-15(10-8-14)18-12-16-13-19-16/h7-10,16H,4-6,11-13H2,1-3H3. The zero-order valence-corrected chi connectivity index (χ0v) is 12.4. The van der Waals surface area contributed by atoms with Crippen molar-refractivity contribution in [2.24, 2.45) is 5.41 Å². The summed E-state index contributed by atoms with van der Waals surface area (Å²) in [7, 11) is 0. The van der Waals surface area contributed by atoms with Gasteiger partial charge in [-0.2, -0.15) is 0 Å². The SMILES string of the molecule is CCC(C)(C)CCCc1ccc(OCC2CO2)cc1. The lowest BCUT2D eigenvalue weighted by molar-refractivity contribution is 0.263. The van der Waals surface area contributed by atoms with E-state index >= 15 is 0 Å². The molecule has 0 saturated carbocycles. The fourth-order valence-corrected chi connectivity index (χ4v) is 2.05. The predicted molar refractivity (Wildman–Crippen MR) is 78.7 cm³/mol. The van der Waals surface area contributed by atoms with Gasteiger partial charge in [0.2, 0.25) is 0 Å². The highest BCUT2D eigenvalue weighted by Gasteiger charge is 2.22. The topological polar surface area (TPSA) is 21.8 Å². The molecule has 1 aromatic carbocycles. The fourth-order valence-electron chi connectivity index (χ4n) is 2.05. The summed E-state index contributed by atoms with van der Waals surface area (Å²) in [4.78, 5) is 0. The first-order valence-electron chi connectivity index (χ1n) is 7.42. The third kappa shape index (κ3) is 5.23. The monoisotopic (exact) mass is 262 g/mol. The van der Waals surface area contributed by atoms with E-state index in [9.17, 15) is 0 Å². The van der Waals surface area contributed by atoms with Gasteiger partial charge in [0.1, 0.15) is 18.5 Å². The van der Waals surface area contributed by atoms with Crippen molar-refractivity contribution in [3.05, 3.63) is 29.8 Å². The quantitative estimate of drug-likeness (QED) is 0.654. The molecule has 1 aliphatic rings. The van der Waals surface area contributed by atoms with Crippen LogP contribution in [0, 0.1) is 5.41 Å². The number of benzene rings is 1. The zero-order chi connectivity index (χ0) is 13.7. The van der Waals surface area contributed by atoms with Crippen LogP contribution < -0.4 is 4.74 Å². The van der Waals surface area contributed by atoms with Gasteiger partial charge in [0.05, 0.1) is 6.61 Å². The number of hydrogen-bond acceptors (Lipinski definition) is 2. The van der Waals surface area contributed by atoms with Crippen LogP contribution in [0.2, 0.25) is 0 Å². The van der Waals surface area contributed by atoms with Crippen LogP contribution in [0.15, 0.2) is 24.3 Å². The first-order chi connectivity index (χ1) is 9.09. The average Bonchev–Trinajstić information content (AvgIpc) is 3.22. The van der Waals surface area contributed by atoms with E-state index in [0.717, 1.165) is 18.8 Å². The van der Waals surface area contributed by atoms with Gasteiger partial charge in [0.25, 0.3) is 0 Å². The van der Waals surface area contributed by atoms with Crippen LogP contribution >= 0.6 is 0 Å². The maximum Gasteiger partial charge on any atom is 0.119 e. The largest absolute Gasteiger partial charge is 0.491 e. The molecule has 19 heavy (non-hydrogen) atoms. The van der Waals surface area contributed by atoms with Crippen molar-refractivity contribution in [1.29, 1.82) is 0 Å². The van der Waals surface area contributed by atoms with Crippen molar-refractivity contribution < 1.29 is 9.47 Å². The van der Waals surface area contributed by atoms with Crippen molar-refractivity contribution >= 4 is 0 Å². The number of hydrogen-bond donors (Lipinski definition) is 0. The second-order valence-corrected chi connectivity index (χ2v) is 6.28. The number of rotatable bonds is 8. The minimum Gasteiger partial charge on any atom is -0.491 e. The Morgan fingerprint density at radius 3 is 2.53 bits per heavy atom. The summed E-state index contributed by atoms with van der Waals surface area (Å²) < 4.78 is 10.8. The third-order valence-electron chi connectivity index (χ3n) is 4.04. The Labute approximate surface area is 117 Å². The molecule has 1 saturated heterocycles. The van der Waals surface area contributed by atoms with E-state index in [2.05, 4.69) is 45.0 Å². The second-order valence-electron chi connectivity index (χ2n) is 6.28. The van der Waals surface area contributed by atoms with Crippen LogP contribution in [0.25, 0.3) is 0 Å². The van der Waals surface area contributed by atoms with Crippen LogP contribution in [0.1, 0.15) is 45.6 Å². The molecule has 2 rings (SSSR count). The van der Waals surface area contributed by atoms with E-state index in [1.807, 2.05) is 0 Å². The van der Waals surface area contributed by atoms with Gasteiger partial charge < -0.3 is 9.47 Å². The highest BCUT2D eigenvalue weighted by atomic mass is 16.6. The first-order valence-corrected chi connectivity index (χ1v) is 7.42. The molecular weight excluding hydrogens is 236 g/mol. The van der Waals surface area contributed by atoms with E-state index in [1.165, 1.54) is 24.8 Å². The van der Waals surface area contributed by atoms with E-state index in [4.69, 9.17) is 9.47 Å². The molecule has 0 aromatic heterocycles. The Kier molecular flexibility index (Phi) is 4.87. The lowest BCUT2D eigenvalue weighted by Crippen LogP contribution is -2.09. The maximum absolute atomic E-state index is 5.64. The van der Waals surface area contributed by atoms with Gasteiger partial charge in [-0.05, 0) is 42.4 Å². The molecule has 0 amide bonds. The normalized spacial score (nSPS) is 18.4. The van der Waals surface area contributed by atoms with Crippen molar-refractivity contribution in [3.8, 4) is 5.75 Å². The number of epoxide rings is 1. The molecule has 0 bridgehead atoms. The molecule has 1 aliphatic heterocycles. The van der Waals surface area contributed by atoms with E-state index < -0.39 is 0 Å². The summed E-state index contributed by atoms with van der Waals surface area (Å²) >= 11 is 0. The molecule has 2 heteroatoms. The zero-order valence-electron chi connectivity index (χ0n) is 12.4. The molecule has 0 radical (unpaired) electrons. The summed E-state index contributed by atoms with van der Waals surface area (Å²) in [5.74, 6) is 0.952. The average molecular weight is 262 g/mol. The van der Waals surface area contributed by atoms with Gasteiger partial charge in [0.15, 0.2) is 0 Å². The van der Waals surface area contributed by atoms with E-state index in [0.29, 0.717) is 18.1 Å². The summed E-state index contributed by atoms with van der Waals surface area (Å²) in [5, 5.41) is 0. The minimum atomic E-state index is 0.330. The third-order valence-corrected chi connectivity index (χ3v) is 4.04. The molecule has 0 aliphatic carbocycles. The Bertz CT molecular complexity index is 377. The fraction of sp³-hybridized carbons (Fsp3) is 0.647. The van der Waals surface area contributed by atoms with Gasteiger partial charge in [-0.25, -0.2) is 0 Å². The molecule has 106 valence electrons. The van der Waals surface area contributed by atoms with Crippen LogP contribution in [-0.2, 0) is 11.2 Å². The molecule has 1 aromatic rings. The molecule has 0 spiro atoms. The van der Waals surface area contributed by atoms with Gasteiger partial charge >= 0.3 is 0 Å². The summed E-state index contributed by atoms with van der Waals surface area (Å²) in [5.41, 5.74) is 1.88. The Balaban J connectivity index is 1.71. The Morgan fingerprint density at radius 2 is 1.95 bits per heavy atom. The Hall–Kier alpha value is -1.02. The Morgan fingerprint density at radius 1 is 1.26 bits per heavy atom. The predicted octanol–water partition coefficient (Wildman–Crippen LogP) is 4.22. The van der Waals surface area contributed by atoms with Crippen molar-refractivity contribution in [1.82, 2.24) is 0 Å². The van der Waals surface area contributed by atoms with Gasteiger partial charge in [-0.3, -0.25) is 0 Å². The van der Waals surface area contributed by atoms with Crippen LogP contribution in [0.3, 0.4) is 0 Å². The summed E-state index contributed by atoms with van der Waals surface area (Å²) in [6.45, 7) is 8.51. The lowest BCUT2D eigenvalue weighted by atomic mass is 9.84. The summed E-state index contributed by atoms with van der Waals surface area (Å²) in [6.07, 6.45) is 5.30. The molecule has 1 heterocycles. The molecule has 1 atom stereocenters. The van der Waals surface area contributed by atoms with Crippen LogP contribution in [0.5, 0.6) is 5.75 Å². The van der Waals surface area contributed by atoms with E-state index in [1.54, 1.807) is 0 Å². The van der Waals surface area contributed by atoms with Crippen LogP contribution in [0.4, 0.5) is 0 Å². The lowest BCUT2D eigenvalue weighted by Gasteiger charge is -2.22. The first kappa shape index (κ1) is 14.4. The van der Waals surface area contributed by atoms with Crippen LogP contribution in [-0.4, -0.2) is 19.3 Å². The van der Waals surface area contributed by atoms with Gasteiger partial charge in [-0.1, -0.05) is 39.3 Å². The molecule has 1 fully saturated rings. The molecule has 2 nitrogen and oxygen atoms in total. The van der Waals surface area contributed by atoms with Gasteiger partial charge in [0, 0.05) is 0 Å². The smallest absolute Gasteiger partial charge is 0.119 e. The highest BCUT2D eigenvalue weighted by molar-refractivity contribution is 5.27. The highest BCUT2D eigenvalue weighted by Crippen LogP contribution is 2.27. The molecule has 1 unspecified atom stereocenters. The minimum absolute atomic E-state index is 0.330. The van der Waals surface area contributed by atoms with Crippen molar-refractivity contribution in [2.75, 3.05) is 13.2 Å². The summed E-state index contributed by atoms with van der Waals surface area (Å²) in [6, 6.07) is 8.51. The van der Waals surface area contributed by atoms with Crippen molar-refractivity contribution in [2.45, 2.75) is 52.6 Å². The number of ether oxygens (including phenoxy) is 2. The van der Waals surface area contributed by atoms with Gasteiger partial charge in [-0.15, -0.1) is 0 Å².